The molecule has 5 heteroatoms. The van der Waals surface area contributed by atoms with Crippen LogP contribution in [0.5, 0.6) is 0 Å². The van der Waals surface area contributed by atoms with E-state index in [0.717, 1.165) is 0 Å². The predicted molar refractivity (Wildman–Crippen MR) is 70.1 cm³/mol. The minimum atomic E-state index is -0.649. The third kappa shape index (κ3) is 2.13. The molecule has 0 fully saturated rings. The second-order valence-corrected chi connectivity index (χ2v) is 5.85. The lowest BCUT2D eigenvalue weighted by Gasteiger charge is -2.37. The molecule has 2 aliphatic rings. The molecule has 0 saturated carbocycles. The SMILES string of the molecule is CCC1C2=C(CC(Cl)C1Cl)C(=O)C(OC)CC2=O. The fourth-order valence-electron chi connectivity index (χ4n) is 2.85. The van der Waals surface area contributed by atoms with Gasteiger partial charge in [-0.05, 0) is 12.8 Å². The lowest BCUT2D eigenvalue weighted by Crippen LogP contribution is -2.43. The van der Waals surface area contributed by atoms with Crippen LogP contribution in [-0.2, 0) is 14.3 Å². The van der Waals surface area contributed by atoms with Crippen LogP contribution in [0.4, 0.5) is 0 Å². The van der Waals surface area contributed by atoms with Crippen LogP contribution < -0.4 is 0 Å². The van der Waals surface area contributed by atoms with E-state index in [4.69, 9.17) is 27.9 Å². The van der Waals surface area contributed by atoms with Crippen LogP contribution >= 0.6 is 23.2 Å². The van der Waals surface area contributed by atoms with Crippen molar-refractivity contribution in [2.75, 3.05) is 7.11 Å². The van der Waals surface area contributed by atoms with E-state index in [-0.39, 0.29) is 34.7 Å². The third-order valence-electron chi connectivity index (χ3n) is 3.81. The van der Waals surface area contributed by atoms with Gasteiger partial charge in [-0.2, -0.15) is 0 Å². The van der Waals surface area contributed by atoms with Crippen LogP contribution in [0.2, 0.25) is 0 Å². The van der Waals surface area contributed by atoms with Crippen LogP contribution in [0, 0.1) is 5.92 Å². The molecule has 0 aliphatic heterocycles. The van der Waals surface area contributed by atoms with E-state index in [0.29, 0.717) is 24.0 Å². The fourth-order valence-corrected chi connectivity index (χ4v) is 3.57. The number of methoxy groups -OCH3 is 1. The molecule has 4 atom stereocenters. The Morgan fingerprint density at radius 2 is 1.94 bits per heavy atom. The van der Waals surface area contributed by atoms with Crippen LogP contribution in [0.1, 0.15) is 26.2 Å². The van der Waals surface area contributed by atoms with Gasteiger partial charge < -0.3 is 4.74 Å². The first-order valence-corrected chi connectivity index (χ1v) is 6.99. The Hall–Kier alpha value is -0.380. The molecule has 0 aromatic rings. The molecule has 0 aromatic carbocycles. The first-order valence-electron chi connectivity index (χ1n) is 6.12. The first kappa shape index (κ1) is 14.0. The Bertz CT molecular complexity index is 416. The van der Waals surface area contributed by atoms with Crippen molar-refractivity contribution in [2.24, 2.45) is 5.92 Å². The molecular formula is C13H16Cl2O3. The zero-order valence-electron chi connectivity index (χ0n) is 10.4. The summed E-state index contributed by atoms with van der Waals surface area (Å²) >= 11 is 12.5. The maximum Gasteiger partial charge on any atom is 0.188 e. The number of halogens is 2. The molecule has 0 spiro atoms. The Balaban J connectivity index is 2.47. The summed E-state index contributed by atoms with van der Waals surface area (Å²) in [6.07, 6.45) is 0.560. The molecule has 0 bridgehead atoms. The quantitative estimate of drug-likeness (QED) is 0.734. The summed E-state index contributed by atoms with van der Waals surface area (Å²) < 4.78 is 5.07. The predicted octanol–water partition coefficient (Wildman–Crippen LogP) is 2.48. The van der Waals surface area contributed by atoms with Crippen LogP contribution in [0.15, 0.2) is 11.1 Å². The molecule has 0 saturated heterocycles. The van der Waals surface area contributed by atoms with Gasteiger partial charge >= 0.3 is 0 Å². The summed E-state index contributed by atoms with van der Waals surface area (Å²) in [5, 5.41) is -0.589. The van der Waals surface area contributed by atoms with Gasteiger partial charge in [0.1, 0.15) is 6.10 Å². The standard InChI is InChI=1S/C13H16Cl2O3/c1-3-6-11-7(4-8(14)12(6)15)13(17)10(18-2)5-9(11)16/h6,8,10,12H,3-5H2,1-2H3. The second kappa shape index (κ2) is 5.32. The Morgan fingerprint density at radius 3 is 2.50 bits per heavy atom. The summed E-state index contributed by atoms with van der Waals surface area (Å²) in [6.45, 7) is 1.96. The second-order valence-electron chi connectivity index (χ2n) is 4.79. The summed E-state index contributed by atoms with van der Waals surface area (Å²) in [7, 11) is 1.45. The Kier molecular flexibility index (Phi) is 4.15. The summed E-state index contributed by atoms with van der Waals surface area (Å²) in [6, 6.07) is 0. The number of allylic oxidation sites excluding steroid dienone is 1. The molecule has 0 N–H and O–H groups in total. The number of carbonyl (C=O) groups excluding carboxylic acids is 2. The minimum absolute atomic E-state index is 0.0162. The maximum absolute atomic E-state index is 12.2. The van der Waals surface area contributed by atoms with Gasteiger partial charge in [0.15, 0.2) is 11.6 Å². The summed E-state index contributed by atoms with van der Waals surface area (Å²) in [5.74, 6) is -0.232. The van der Waals surface area contributed by atoms with Crippen molar-refractivity contribution in [3.63, 3.8) is 0 Å². The van der Waals surface area contributed by atoms with E-state index in [1.807, 2.05) is 6.92 Å². The van der Waals surface area contributed by atoms with Crippen LogP contribution in [0.3, 0.4) is 0 Å². The van der Waals surface area contributed by atoms with Gasteiger partial charge in [0.05, 0.1) is 10.8 Å². The average Bonchev–Trinajstić information content (AvgIpc) is 2.36. The van der Waals surface area contributed by atoms with Crippen molar-refractivity contribution in [2.45, 2.75) is 43.0 Å². The smallest absolute Gasteiger partial charge is 0.188 e. The van der Waals surface area contributed by atoms with Gasteiger partial charge in [-0.1, -0.05) is 6.92 Å². The largest absolute Gasteiger partial charge is 0.373 e. The molecule has 0 radical (unpaired) electrons. The number of hydrogen-bond donors (Lipinski definition) is 0. The van der Waals surface area contributed by atoms with E-state index in [2.05, 4.69) is 0 Å². The van der Waals surface area contributed by atoms with Gasteiger partial charge in [0, 0.05) is 30.6 Å². The third-order valence-corrected chi connectivity index (χ3v) is 4.97. The molecular weight excluding hydrogens is 275 g/mol. The number of Topliss-reactive ketones (excluding diaryl/α,β-unsaturated/α-hetero) is 2. The molecule has 0 heterocycles. The van der Waals surface area contributed by atoms with Crippen molar-refractivity contribution in [3.05, 3.63) is 11.1 Å². The van der Waals surface area contributed by atoms with E-state index in [1.54, 1.807) is 0 Å². The van der Waals surface area contributed by atoms with Crippen LogP contribution in [-0.4, -0.2) is 35.5 Å². The van der Waals surface area contributed by atoms with E-state index in [1.165, 1.54) is 7.11 Å². The van der Waals surface area contributed by atoms with Gasteiger partial charge in [-0.3, -0.25) is 9.59 Å². The number of rotatable bonds is 2. The molecule has 100 valence electrons. The number of carbonyl (C=O) groups is 2. The number of ether oxygens (including phenoxy) is 1. The fraction of sp³-hybridized carbons (Fsp3) is 0.692. The molecule has 2 aliphatic carbocycles. The molecule has 2 rings (SSSR count). The van der Waals surface area contributed by atoms with Crippen molar-refractivity contribution in [1.82, 2.24) is 0 Å². The van der Waals surface area contributed by atoms with Gasteiger partial charge in [0.2, 0.25) is 0 Å². The van der Waals surface area contributed by atoms with E-state index >= 15 is 0 Å². The average molecular weight is 291 g/mol. The van der Waals surface area contributed by atoms with Crippen LogP contribution in [0.25, 0.3) is 0 Å². The lowest BCUT2D eigenvalue weighted by atomic mass is 9.72. The number of hydrogen-bond acceptors (Lipinski definition) is 3. The summed E-state index contributed by atoms with van der Waals surface area (Å²) in [4.78, 5) is 24.4. The zero-order valence-corrected chi connectivity index (χ0v) is 11.9. The molecule has 4 unspecified atom stereocenters. The summed E-state index contributed by atoms with van der Waals surface area (Å²) in [5.41, 5.74) is 1.15. The first-order chi connectivity index (χ1) is 8.51. The highest BCUT2D eigenvalue weighted by Crippen LogP contribution is 2.42. The number of alkyl halides is 2. The topological polar surface area (TPSA) is 43.4 Å². The highest BCUT2D eigenvalue weighted by Gasteiger charge is 2.45. The molecule has 3 nitrogen and oxygen atoms in total. The highest BCUT2D eigenvalue weighted by molar-refractivity contribution is 6.31. The zero-order chi connectivity index (χ0) is 13.4. The Morgan fingerprint density at radius 1 is 1.28 bits per heavy atom. The molecule has 0 aromatic heterocycles. The van der Waals surface area contributed by atoms with Gasteiger partial charge in [-0.15, -0.1) is 23.2 Å². The minimum Gasteiger partial charge on any atom is -0.373 e. The van der Waals surface area contributed by atoms with Crippen molar-refractivity contribution < 1.29 is 14.3 Å². The Labute approximate surface area is 116 Å². The van der Waals surface area contributed by atoms with Gasteiger partial charge in [0.25, 0.3) is 0 Å². The van der Waals surface area contributed by atoms with Crippen molar-refractivity contribution >= 4 is 34.8 Å². The highest BCUT2D eigenvalue weighted by atomic mass is 35.5. The van der Waals surface area contributed by atoms with Crippen molar-refractivity contribution in [1.29, 1.82) is 0 Å². The molecule has 18 heavy (non-hydrogen) atoms. The monoisotopic (exact) mass is 290 g/mol. The van der Waals surface area contributed by atoms with Crippen molar-refractivity contribution in [3.8, 4) is 0 Å². The van der Waals surface area contributed by atoms with E-state index in [9.17, 15) is 9.59 Å². The number of ketones is 2. The van der Waals surface area contributed by atoms with E-state index < -0.39 is 6.10 Å². The maximum atomic E-state index is 12.2. The lowest BCUT2D eigenvalue weighted by molar-refractivity contribution is -0.132. The normalized spacial score (nSPS) is 36.9. The van der Waals surface area contributed by atoms with Gasteiger partial charge in [-0.25, -0.2) is 0 Å². The molecule has 0 amide bonds.